The van der Waals surface area contributed by atoms with Gasteiger partial charge in [0.25, 0.3) is 0 Å². The summed E-state index contributed by atoms with van der Waals surface area (Å²) < 4.78 is 4.88. The molecule has 0 aliphatic rings. The van der Waals surface area contributed by atoms with Crippen molar-refractivity contribution in [1.29, 1.82) is 0 Å². The second kappa shape index (κ2) is 8.06. The van der Waals surface area contributed by atoms with E-state index in [1.54, 1.807) is 19.1 Å². The maximum absolute atomic E-state index is 11.8. The maximum Gasteiger partial charge on any atom is 0.370 e. The number of esters is 1. The van der Waals surface area contributed by atoms with Crippen LogP contribution in [0.5, 0.6) is 0 Å². The van der Waals surface area contributed by atoms with Crippen LogP contribution in [-0.2, 0) is 14.3 Å². The number of rotatable bonds is 6. The third kappa shape index (κ3) is 5.19. The Balaban J connectivity index is 2.97. The molecule has 0 heterocycles. The van der Waals surface area contributed by atoms with E-state index in [1.165, 1.54) is 6.08 Å². The minimum atomic E-state index is -1.46. The van der Waals surface area contributed by atoms with Crippen LogP contribution in [0.1, 0.15) is 6.92 Å². The van der Waals surface area contributed by atoms with Gasteiger partial charge in [0.15, 0.2) is 0 Å². The molecule has 2 N–H and O–H groups in total. The molecule has 0 atom stereocenters. The lowest BCUT2D eigenvalue weighted by Gasteiger charge is -2.05. The minimum absolute atomic E-state index is 0.186. The summed E-state index contributed by atoms with van der Waals surface area (Å²) in [5, 5.41) is 17.7. The predicted molar refractivity (Wildman–Crippen MR) is 75.4 cm³/mol. The van der Waals surface area contributed by atoms with Gasteiger partial charge >= 0.3 is 11.9 Å². The van der Waals surface area contributed by atoms with Gasteiger partial charge in [-0.25, -0.2) is 9.59 Å². The standard InChI is InChI=1S/C14H14O5S/c1-2-19-14(18)12(9-8-11(15)13(16)17)20-10-6-4-3-5-7-10/h3-9,15H,2H2,1H3,(H,16,17). The molecule has 20 heavy (non-hydrogen) atoms. The lowest BCUT2D eigenvalue weighted by molar-refractivity contribution is -0.138. The molecule has 0 radical (unpaired) electrons. The molecule has 0 aromatic heterocycles. The van der Waals surface area contributed by atoms with E-state index in [4.69, 9.17) is 14.9 Å². The zero-order valence-electron chi connectivity index (χ0n) is 10.8. The highest BCUT2D eigenvalue weighted by Crippen LogP contribution is 2.27. The lowest BCUT2D eigenvalue weighted by atomic mass is 10.4. The van der Waals surface area contributed by atoms with E-state index in [9.17, 15) is 9.59 Å². The SMILES string of the molecule is CCOC(=O)C(=CC=C(O)C(=O)O)Sc1ccccc1. The molecule has 0 spiro atoms. The summed E-state index contributed by atoms with van der Waals surface area (Å²) in [5.41, 5.74) is 0. The summed E-state index contributed by atoms with van der Waals surface area (Å²) in [4.78, 5) is 23.2. The molecule has 0 bridgehead atoms. The van der Waals surface area contributed by atoms with Crippen LogP contribution in [0.3, 0.4) is 0 Å². The number of carbonyl (C=O) groups is 2. The predicted octanol–water partition coefficient (Wildman–Crippen LogP) is 2.75. The molecule has 106 valence electrons. The van der Waals surface area contributed by atoms with Gasteiger partial charge in [-0.05, 0) is 31.2 Å². The topological polar surface area (TPSA) is 83.8 Å². The molecule has 1 aromatic rings. The third-order valence-corrected chi connectivity index (χ3v) is 3.09. The fraction of sp³-hybridized carbons (Fsp3) is 0.143. The summed E-state index contributed by atoms with van der Waals surface area (Å²) in [5.74, 6) is -2.88. The van der Waals surface area contributed by atoms with Crippen LogP contribution in [0, 0.1) is 0 Å². The Morgan fingerprint density at radius 3 is 2.40 bits per heavy atom. The average molecular weight is 294 g/mol. The van der Waals surface area contributed by atoms with Crippen molar-refractivity contribution in [2.24, 2.45) is 0 Å². The second-order valence-corrected chi connectivity index (χ2v) is 4.64. The number of aliphatic carboxylic acids is 1. The van der Waals surface area contributed by atoms with Crippen molar-refractivity contribution in [3.8, 4) is 0 Å². The number of carboxylic acids is 1. The van der Waals surface area contributed by atoms with Gasteiger partial charge in [0.05, 0.1) is 11.5 Å². The summed E-state index contributed by atoms with van der Waals surface area (Å²) in [7, 11) is 0. The van der Waals surface area contributed by atoms with Gasteiger partial charge in [0.2, 0.25) is 5.76 Å². The summed E-state index contributed by atoms with van der Waals surface area (Å²) in [6.07, 6.45) is 2.17. The van der Waals surface area contributed by atoms with E-state index in [-0.39, 0.29) is 11.5 Å². The Hall–Kier alpha value is -2.21. The number of carbonyl (C=O) groups excluding carboxylic acids is 1. The summed E-state index contributed by atoms with van der Waals surface area (Å²) >= 11 is 1.13. The van der Waals surface area contributed by atoms with Gasteiger partial charge in [-0.1, -0.05) is 30.0 Å². The van der Waals surface area contributed by atoms with E-state index in [1.807, 2.05) is 18.2 Å². The number of hydrogen-bond acceptors (Lipinski definition) is 5. The third-order valence-electron chi connectivity index (χ3n) is 2.06. The van der Waals surface area contributed by atoms with Crippen LogP contribution in [0.25, 0.3) is 0 Å². The molecule has 1 rings (SSSR count). The van der Waals surface area contributed by atoms with Gasteiger partial charge in [-0.2, -0.15) is 0 Å². The first-order valence-corrected chi connectivity index (χ1v) is 6.60. The minimum Gasteiger partial charge on any atom is -0.502 e. The number of thioether (sulfide) groups is 1. The number of carboxylic acid groups (broad SMARTS) is 1. The Kier molecular flexibility index (Phi) is 6.39. The quantitative estimate of drug-likeness (QED) is 0.276. The molecule has 1 aromatic carbocycles. The highest BCUT2D eigenvalue weighted by molar-refractivity contribution is 8.04. The van der Waals surface area contributed by atoms with Gasteiger partial charge < -0.3 is 14.9 Å². The number of ether oxygens (including phenoxy) is 1. The normalized spacial score (nSPS) is 12.1. The van der Waals surface area contributed by atoms with Crippen molar-refractivity contribution in [3.05, 3.63) is 53.1 Å². The fourth-order valence-electron chi connectivity index (χ4n) is 1.19. The molecule has 0 aliphatic carbocycles. The first-order chi connectivity index (χ1) is 9.54. The Morgan fingerprint density at radius 2 is 1.85 bits per heavy atom. The monoisotopic (exact) mass is 294 g/mol. The molecular weight excluding hydrogens is 280 g/mol. The van der Waals surface area contributed by atoms with E-state index < -0.39 is 17.7 Å². The molecule has 0 unspecified atom stereocenters. The molecule has 0 fully saturated rings. The zero-order valence-corrected chi connectivity index (χ0v) is 11.6. The first kappa shape index (κ1) is 15.8. The van der Waals surface area contributed by atoms with Gasteiger partial charge in [0.1, 0.15) is 0 Å². The molecular formula is C14H14O5S. The Morgan fingerprint density at radius 1 is 1.20 bits per heavy atom. The van der Waals surface area contributed by atoms with E-state index in [0.29, 0.717) is 0 Å². The van der Waals surface area contributed by atoms with Crippen molar-refractivity contribution in [3.63, 3.8) is 0 Å². The molecule has 0 amide bonds. The average Bonchev–Trinajstić information content (AvgIpc) is 2.44. The first-order valence-electron chi connectivity index (χ1n) is 5.78. The van der Waals surface area contributed by atoms with Crippen LogP contribution in [0.2, 0.25) is 0 Å². The van der Waals surface area contributed by atoms with Crippen molar-refractivity contribution in [1.82, 2.24) is 0 Å². The molecule has 5 nitrogen and oxygen atoms in total. The van der Waals surface area contributed by atoms with Crippen molar-refractivity contribution in [2.75, 3.05) is 6.61 Å². The van der Waals surface area contributed by atoms with Crippen molar-refractivity contribution >= 4 is 23.7 Å². The summed E-state index contributed by atoms with van der Waals surface area (Å²) in [6.45, 7) is 1.88. The number of allylic oxidation sites excluding steroid dienone is 2. The molecule has 0 saturated carbocycles. The van der Waals surface area contributed by atoms with E-state index in [2.05, 4.69) is 0 Å². The summed E-state index contributed by atoms with van der Waals surface area (Å²) in [6, 6.07) is 9.08. The molecule has 0 saturated heterocycles. The highest BCUT2D eigenvalue weighted by atomic mass is 32.2. The highest BCUT2D eigenvalue weighted by Gasteiger charge is 2.12. The molecule has 0 aliphatic heterocycles. The smallest absolute Gasteiger partial charge is 0.370 e. The van der Waals surface area contributed by atoms with Gasteiger partial charge in [-0.15, -0.1) is 0 Å². The fourth-order valence-corrected chi connectivity index (χ4v) is 2.01. The molecule has 6 heteroatoms. The Labute approximate surface area is 120 Å². The van der Waals surface area contributed by atoms with Crippen LogP contribution >= 0.6 is 11.8 Å². The van der Waals surface area contributed by atoms with Crippen LogP contribution in [0.4, 0.5) is 0 Å². The Bertz CT molecular complexity index is 534. The van der Waals surface area contributed by atoms with Crippen molar-refractivity contribution in [2.45, 2.75) is 11.8 Å². The number of hydrogen-bond donors (Lipinski definition) is 2. The zero-order chi connectivity index (χ0) is 15.0. The van der Waals surface area contributed by atoms with Crippen LogP contribution in [-0.4, -0.2) is 28.8 Å². The van der Waals surface area contributed by atoms with Crippen molar-refractivity contribution < 1.29 is 24.5 Å². The van der Waals surface area contributed by atoms with Gasteiger partial charge in [-0.3, -0.25) is 0 Å². The second-order valence-electron chi connectivity index (χ2n) is 3.52. The van der Waals surface area contributed by atoms with Crippen LogP contribution < -0.4 is 0 Å². The largest absolute Gasteiger partial charge is 0.502 e. The van der Waals surface area contributed by atoms with E-state index >= 15 is 0 Å². The number of aliphatic hydroxyl groups is 1. The van der Waals surface area contributed by atoms with E-state index in [0.717, 1.165) is 22.7 Å². The number of benzene rings is 1. The van der Waals surface area contributed by atoms with Crippen LogP contribution in [0.15, 0.2) is 58.0 Å². The lowest BCUT2D eigenvalue weighted by Crippen LogP contribution is -2.05. The van der Waals surface area contributed by atoms with Gasteiger partial charge in [0, 0.05) is 4.90 Å². The number of aliphatic hydroxyl groups excluding tert-OH is 1. The maximum atomic E-state index is 11.8.